The average Bonchev–Trinajstić information content (AvgIpc) is 2.33. The average molecular weight is 224 g/mol. The summed E-state index contributed by atoms with van der Waals surface area (Å²) >= 11 is 0. The molecule has 2 aliphatic rings. The second kappa shape index (κ2) is 6.61. The van der Waals surface area contributed by atoms with Gasteiger partial charge in [0, 0.05) is 0 Å². The van der Waals surface area contributed by atoms with Gasteiger partial charge in [0.2, 0.25) is 0 Å². The van der Waals surface area contributed by atoms with Gasteiger partial charge in [0.05, 0.1) is 0 Å². The topological polar surface area (TPSA) is 24.1 Å². The molecule has 2 unspecified atom stereocenters. The maximum Gasteiger partial charge on any atom is -0.00179 e. The summed E-state index contributed by atoms with van der Waals surface area (Å²) < 4.78 is 0. The van der Waals surface area contributed by atoms with Crippen molar-refractivity contribution in [3.8, 4) is 0 Å². The van der Waals surface area contributed by atoms with E-state index in [1.54, 1.807) is 0 Å². The largest absolute Gasteiger partial charge is 0.317 e. The van der Waals surface area contributed by atoms with Crippen LogP contribution in [0, 0.1) is 17.8 Å². The SMILES string of the molecule is CC1CCCCC1CNCC1CCNCC1. The third-order valence-corrected chi connectivity index (χ3v) is 4.59. The van der Waals surface area contributed by atoms with Crippen LogP contribution < -0.4 is 10.6 Å². The molecule has 0 bridgehead atoms. The Bertz CT molecular complexity index is 187. The number of hydrogen-bond donors (Lipinski definition) is 2. The van der Waals surface area contributed by atoms with Crippen molar-refractivity contribution in [2.24, 2.45) is 17.8 Å². The summed E-state index contributed by atoms with van der Waals surface area (Å²) in [4.78, 5) is 0. The second-order valence-electron chi connectivity index (χ2n) is 5.87. The Labute approximate surface area is 101 Å². The van der Waals surface area contributed by atoms with Crippen LogP contribution in [0.4, 0.5) is 0 Å². The van der Waals surface area contributed by atoms with E-state index in [9.17, 15) is 0 Å². The predicted molar refractivity (Wildman–Crippen MR) is 69.6 cm³/mol. The summed E-state index contributed by atoms with van der Waals surface area (Å²) in [5.41, 5.74) is 0. The zero-order chi connectivity index (χ0) is 11.2. The molecule has 16 heavy (non-hydrogen) atoms. The minimum atomic E-state index is 0.931. The molecule has 2 fully saturated rings. The van der Waals surface area contributed by atoms with Crippen LogP contribution in [0.2, 0.25) is 0 Å². The van der Waals surface area contributed by atoms with Crippen LogP contribution in [0.25, 0.3) is 0 Å². The molecule has 2 rings (SSSR count). The first-order valence-corrected chi connectivity index (χ1v) is 7.27. The Morgan fingerprint density at radius 2 is 1.75 bits per heavy atom. The number of rotatable bonds is 4. The van der Waals surface area contributed by atoms with Crippen molar-refractivity contribution in [3.05, 3.63) is 0 Å². The highest BCUT2D eigenvalue weighted by Gasteiger charge is 2.21. The lowest BCUT2D eigenvalue weighted by Crippen LogP contribution is -2.36. The molecular formula is C14H28N2. The normalized spacial score (nSPS) is 32.8. The van der Waals surface area contributed by atoms with E-state index in [1.165, 1.54) is 64.7 Å². The summed E-state index contributed by atoms with van der Waals surface area (Å²) in [6.45, 7) is 7.42. The minimum Gasteiger partial charge on any atom is -0.317 e. The summed E-state index contributed by atoms with van der Waals surface area (Å²) in [6.07, 6.45) is 8.58. The first-order chi connectivity index (χ1) is 7.86. The molecule has 2 atom stereocenters. The number of piperidine rings is 1. The Balaban J connectivity index is 1.59. The van der Waals surface area contributed by atoms with Gasteiger partial charge in [0.25, 0.3) is 0 Å². The smallest absolute Gasteiger partial charge is 0.00179 e. The molecule has 0 aromatic rings. The van der Waals surface area contributed by atoms with Crippen LogP contribution in [0.3, 0.4) is 0 Å². The zero-order valence-corrected chi connectivity index (χ0v) is 10.8. The van der Waals surface area contributed by atoms with Crippen LogP contribution in [-0.2, 0) is 0 Å². The van der Waals surface area contributed by atoms with Crippen LogP contribution in [0.15, 0.2) is 0 Å². The Kier molecular flexibility index (Phi) is 5.11. The fourth-order valence-electron chi connectivity index (χ4n) is 3.25. The molecule has 0 amide bonds. The second-order valence-corrected chi connectivity index (χ2v) is 5.87. The van der Waals surface area contributed by atoms with Crippen molar-refractivity contribution in [3.63, 3.8) is 0 Å². The van der Waals surface area contributed by atoms with E-state index in [4.69, 9.17) is 0 Å². The molecule has 1 aliphatic carbocycles. The summed E-state index contributed by atoms with van der Waals surface area (Å²) in [6, 6.07) is 0. The Morgan fingerprint density at radius 3 is 2.50 bits per heavy atom. The fourth-order valence-corrected chi connectivity index (χ4v) is 3.25. The van der Waals surface area contributed by atoms with E-state index < -0.39 is 0 Å². The first-order valence-electron chi connectivity index (χ1n) is 7.27. The Hall–Kier alpha value is -0.0800. The van der Waals surface area contributed by atoms with Gasteiger partial charge in [-0.1, -0.05) is 26.2 Å². The van der Waals surface area contributed by atoms with E-state index in [1.807, 2.05) is 0 Å². The lowest BCUT2D eigenvalue weighted by molar-refractivity contribution is 0.240. The van der Waals surface area contributed by atoms with E-state index in [0.717, 1.165) is 17.8 Å². The van der Waals surface area contributed by atoms with Crippen LogP contribution in [0.1, 0.15) is 45.4 Å². The van der Waals surface area contributed by atoms with Crippen molar-refractivity contribution in [1.29, 1.82) is 0 Å². The van der Waals surface area contributed by atoms with Gasteiger partial charge in [-0.15, -0.1) is 0 Å². The van der Waals surface area contributed by atoms with Crippen molar-refractivity contribution in [1.82, 2.24) is 10.6 Å². The fraction of sp³-hybridized carbons (Fsp3) is 1.00. The number of hydrogen-bond acceptors (Lipinski definition) is 2. The molecule has 0 radical (unpaired) electrons. The zero-order valence-electron chi connectivity index (χ0n) is 10.8. The van der Waals surface area contributed by atoms with Crippen molar-refractivity contribution < 1.29 is 0 Å². The maximum absolute atomic E-state index is 3.73. The molecule has 1 heterocycles. The van der Waals surface area contributed by atoms with Gasteiger partial charge in [0.1, 0.15) is 0 Å². The van der Waals surface area contributed by atoms with E-state index in [2.05, 4.69) is 17.6 Å². The van der Waals surface area contributed by atoms with Gasteiger partial charge in [-0.05, 0) is 63.2 Å². The standard InChI is InChI=1S/C14H28N2/c1-12-4-2-3-5-14(12)11-16-10-13-6-8-15-9-7-13/h12-16H,2-11H2,1H3. The van der Waals surface area contributed by atoms with Crippen LogP contribution >= 0.6 is 0 Å². The first kappa shape index (κ1) is 12.4. The van der Waals surface area contributed by atoms with E-state index in [0.29, 0.717) is 0 Å². The molecule has 0 spiro atoms. The van der Waals surface area contributed by atoms with Crippen molar-refractivity contribution in [2.75, 3.05) is 26.2 Å². The summed E-state index contributed by atoms with van der Waals surface area (Å²) in [5, 5.41) is 7.16. The lowest BCUT2D eigenvalue weighted by Gasteiger charge is -2.30. The number of nitrogens with one attached hydrogen (secondary N) is 2. The van der Waals surface area contributed by atoms with Gasteiger partial charge >= 0.3 is 0 Å². The quantitative estimate of drug-likeness (QED) is 0.766. The van der Waals surface area contributed by atoms with Crippen LogP contribution in [-0.4, -0.2) is 26.2 Å². The van der Waals surface area contributed by atoms with Crippen molar-refractivity contribution in [2.45, 2.75) is 45.4 Å². The van der Waals surface area contributed by atoms with Crippen LogP contribution in [0.5, 0.6) is 0 Å². The van der Waals surface area contributed by atoms with Gasteiger partial charge in [0.15, 0.2) is 0 Å². The molecule has 0 aromatic heterocycles. The molecule has 1 saturated carbocycles. The molecule has 2 nitrogen and oxygen atoms in total. The molecular weight excluding hydrogens is 196 g/mol. The molecule has 1 aliphatic heterocycles. The maximum atomic E-state index is 3.73. The van der Waals surface area contributed by atoms with Crippen molar-refractivity contribution >= 4 is 0 Å². The summed E-state index contributed by atoms with van der Waals surface area (Å²) in [5.74, 6) is 2.84. The van der Waals surface area contributed by atoms with Gasteiger partial charge in [-0.2, -0.15) is 0 Å². The molecule has 0 aromatic carbocycles. The predicted octanol–water partition coefficient (Wildman–Crippen LogP) is 2.40. The minimum absolute atomic E-state index is 0.931. The third kappa shape index (κ3) is 3.74. The van der Waals surface area contributed by atoms with E-state index >= 15 is 0 Å². The summed E-state index contributed by atoms with van der Waals surface area (Å²) in [7, 11) is 0. The molecule has 2 heteroatoms. The third-order valence-electron chi connectivity index (χ3n) is 4.59. The van der Waals surface area contributed by atoms with Gasteiger partial charge in [-0.25, -0.2) is 0 Å². The molecule has 1 saturated heterocycles. The Morgan fingerprint density at radius 1 is 1.00 bits per heavy atom. The monoisotopic (exact) mass is 224 g/mol. The van der Waals surface area contributed by atoms with E-state index in [-0.39, 0.29) is 0 Å². The molecule has 2 N–H and O–H groups in total. The van der Waals surface area contributed by atoms with Gasteiger partial charge < -0.3 is 10.6 Å². The highest BCUT2D eigenvalue weighted by molar-refractivity contribution is 4.76. The van der Waals surface area contributed by atoms with Gasteiger partial charge in [-0.3, -0.25) is 0 Å². The lowest BCUT2D eigenvalue weighted by atomic mass is 9.80. The molecule has 94 valence electrons. The highest BCUT2D eigenvalue weighted by atomic mass is 14.9. The highest BCUT2D eigenvalue weighted by Crippen LogP contribution is 2.28.